The van der Waals surface area contributed by atoms with Gasteiger partial charge in [-0.05, 0) is 90.6 Å². The van der Waals surface area contributed by atoms with E-state index in [4.69, 9.17) is 15.0 Å². The molecule has 0 aliphatic heterocycles. The second-order valence-corrected chi connectivity index (χ2v) is 16.5. The van der Waals surface area contributed by atoms with Crippen LogP contribution in [0.5, 0.6) is 0 Å². The minimum absolute atomic E-state index is 0.615. The fraction of sp³-hybridized carbons (Fsp3) is 0.0556. The Bertz CT molecular complexity index is 3330. The zero-order valence-corrected chi connectivity index (χ0v) is 33.8. The Balaban J connectivity index is 1.24. The highest BCUT2D eigenvalue weighted by Gasteiger charge is 2.22. The maximum Gasteiger partial charge on any atom is 0.166 e. The minimum Gasteiger partial charge on any atom is -0.308 e. The quantitative estimate of drug-likeness (QED) is 0.169. The third kappa shape index (κ3) is 5.93. The van der Waals surface area contributed by atoms with E-state index in [1.165, 1.54) is 64.3 Å². The summed E-state index contributed by atoms with van der Waals surface area (Å²) in [5.74, 6) is 1.88. The molecule has 0 saturated heterocycles. The lowest BCUT2D eigenvalue weighted by Crippen LogP contribution is -2.04. The van der Waals surface area contributed by atoms with Gasteiger partial charge in [0, 0.05) is 47.6 Å². The lowest BCUT2D eigenvalue weighted by Gasteiger charge is -2.17. The van der Waals surface area contributed by atoms with E-state index in [2.05, 4.69) is 165 Å². The first-order valence-corrected chi connectivity index (χ1v) is 20.8. The summed E-state index contributed by atoms with van der Waals surface area (Å²) in [5, 5.41) is 4.93. The van der Waals surface area contributed by atoms with Crippen molar-refractivity contribution in [2.45, 2.75) is 20.8 Å². The first-order chi connectivity index (χ1) is 29.0. The topological polar surface area (TPSA) is 43.6 Å². The lowest BCUT2D eigenvalue weighted by molar-refractivity contribution is 1.06. The molecule has 0 saturated carbocycles. The fourth-order valence-electron chi connectivity index (χ4n) is 9.04. The summed E-state index contributed by atoms with van der Waals surface area (Å²) < 4.78 is 4.97. The number of nitrogens with zero attached hydrogens (tertiary/aromatic N) is 4. The maximum atomic E-state index is 5.33. The number of benzene rings is 8. The van der Waals surface area contributed by atoms with Gasteiger partial charge in [0.15, 0.2) is 17.5 Å². The molecule has 280 valence electrons. The van der Waals surface area contributed by atoms with E-state index in [1.54, 1.807) is 0 Å². The summed E-state index contributed by atoms with van der Waals surface area (Å²) >= 11 is 1.84. The normalized spacial score (nSPS) is 11.6. The van der Waals surface area contributed by atoms with E-state index in [0.29, 0.717) is 17.5 Å². The Labute approximate surface area is 346 Å². The molecule has 0 atom stereocenters. The number of thiophene rings is 1. The molecule has 5 heteroatoms. The van der Waals surface area contributed by atoms with Crippen molar-refractivity contribution in [3.8, 4) is 62.1 Å². The zero-order valence-electron chi connectivity index (χ0n) is 32.9. The van der Waals surface area contributed by atoms with Crippen molar-refractivity contribution in [1.82, 2.24) is 19.5 Å². The van der Waals surface area contributed by atoms with Gasteiger partial charge in [0.25, 0.3) is 0 Å². The van der Waals surface area contributed by atoms with Gasteiger partial charge in [-0.15, -0.1) is 11.3 Å². The zero-order chi connectivity index (χ0) is 39.6. The predicted molar refractivity (Wildman–Crippen MR) is 248 cm³/mol. The van der Waals surface area contributed by atoms with Crippen LogP contribution in [0.1, 0.15) is 16.7 Å². The van der Waals surface area contributed by atoms with Crippen molar-refractivity contribution >= 4 is 53.3 Å². The van der Waals surface area contributed by atoms with Crippen molar-refractivity contribution in [3.63, 3.8) is 0 Å². The van der Waals surface area contributed by atoms with Crippen LogP contribution < -0.4 is 0 Å². The standard InChI is InChI=1S/C54H38N4S/c1-33-29-34(2)50(35(3)30-33)39-25-27-42-41-19-10-12-22-45(41)58(47(42)32-39)46-28-26-38(40-21-14-24-49-51(40)43-20-11-13-23-48(43)59-49)31-44(46)54-56-52(36-15-6-4-7-16-36)55-53(57-54)37-17-8-5-9-18-37/h4-32H,1-3H3. The molecular formula is C54H38N4S. The molecule has 11 aromatic rings. The molecule has 0 N–H and O–H groups in total. The summed E-state index contributed by atoms with van der Waals surface area (Å²) in [7, 11) is 0. The van der Waals surface area contributed by atoms with Gasteiger partial charge in [-0.1, -0.05) is 145 Å². The third-order valence-corrected chi connectivity index (χ3v) is 12.7. The average molecular weight is 775 g/mol. The molecule has 0 fully saturated rings. The van der Waals surface area contributed by atoms with Crippen LogP contribution >= 0.6 is 11.3 Å². The minimum atomic E-state index is 0.615. The van der Waals surface area contributed by atoms with Gasteiger partial charge in [0.1, 0.15) is 0 Å². The van der Waals surface area contributed by atoms with Crippen LogP contribution in [0.4, 0.5) is 0 Å². The number of aromatic nitrogens is 4. The molecule has 0 unspecified atom stereocenters. The number of para-hydroxylation sites is 1. The van der Waals surface area contributed by atoms with Crippen molar-refractivity contribution in [3.05, 3.63) is 193 Å². The number of hydrogen-bond acceptors (Lipinski definition) is 4. The largest absolute Gasteiger partial charge is 0.308 e. The van der Waals surface area contributed by atoms with Crippen LogP contribution in [0, 0.1) is 20.8 Å². The summed E-state index contributed by atoms with van der Waals surface area (Å²) in [5.41, 5.74) is 14.6. The Kier molecular flexibility index (Phi) is 8.31. The first kappa shape index (κ1) is 35.0. The molecule has 8 aromatic carbocycles. The Hall–Kier alpha value is -7.21. The Morgan fingerprint density at radius 3 is 1.73 bits per heavy atom. The Morgan fingerprint density at radius 2 is 1.00 bits per heavy atom. The van der Waals surface area contributed by atoms with Crippen molar-refractivity contribution in [2.24, 2.45) is 0 Å². The highest BCUT2D eigenvalue weighted by molar-refractivity contribution is 7.25. The molecule has 0 spiro atoms. The van der Waals surface area contributed by atoms with E-state index >= 15 is 0 Å². The van der Waals surface area contributed by atoms with Gasteiger partial charge in [-0.25, -0.2) is 15.0 Å². The van der Waals surface area contributed by atoms with Gasteiger partial charge in [0.2, 0.25) is 0 Å². The first-order valence-electron chi connectivity index (χ1n) is 20.0. The summed E-state index contributed by atoms with van der Waals surface area (Å²) in [6.07, 6.45) is 0. The molecule has 0 aliphatic rings. The van der Waals surface area contributed by atoms with E-state index in [1.807, 2.05) is 47.7 Å². The van der Waals surface area contributed by atoms with Crippen LogP contribution in [0.15, 0.2) is 176 Å². The van der Waals surface area contributed by atoms with Gasteiger partial charge in [-0.2, -0.15) is 0 Å². The second kappa shape index (κ2) is 14.0. The maximum absolute atomic E-state index is 5.33. The van der Waals surface area contributed by atoms with Crippen LogP contribution in [0.2, 0.25) is 0 Å². The van der Waals surface area contributed by atoms with Crippen LogP contribution in [-0.4, -0.2) is 19.5 Å². The average Bonchev–Trinajstić information content (AvgIpc) is 3.82. The number of hydrogen-bond donors (Lipinski definition) is 0. The number of rotatable bonds is 6. The molecule has 4 nitrogen and oxygen atoms in total. The van der Waals surface area contributed by atoms with Crippen molar-refractivity contribution < 1.29 is 0 Å². The van der Waals surface area contributed by atoms with E-state index in [0.717, 1.165) is 39.0 Å². The van der Waals surface area contributed by atoms with Crippen LogP contribution in [-0.2, 0) is 0 Å². The lowest BCUT2D eigenvalue weighted by atomic mass is 9.93. The van der Waals surface area contributed by atoms with Gasteiger partial charge < -0.3 is 4.57 Å². The summed E-state index contributed by atoms with van der Waals surface area (Å²) in [6.45, 7) is 6.61. The van der Waals surface area contributed by atoms with Crippen LogP contribution in [0.25, 0.3) is 104 Å². The molecule has 0 bridgehead atoms. The number of fused-ring (bicyclic) bond motifs is 6. The van der Waals surface area contributed by atoms with E-state index in [9.17, 15) is 0 Å². The van der Waals surface area contributed by atoms with E-state index in [-0.39, 0.29) is 0 Å². The number of aryl methyl sites for hydroxylation is 3. The second-order valence-electron chi connectivity index (χ2n) is 15.4. The van der Waals surface area contributed by atoms with Crippen molar-refractivity contribution in [2.75, 3.05) is 0 Å². The third-order valence-electron chi connectivity index (χ3n) is 11.5. The van der Waals surface area contributed by atoms with E-state index < -0.39 is 0 Å². The molecule has 3 heterocycles. The molecule has 3 aromatic heterocycles. The van der Waals surface area contributed by atoms with Crippen molar-refractivity contribution in [1.29, 1.82) is 0 Å². The smallest absolute Gasteiger partial charge is 0.166 e. The fourth-order valence-corrected chi connectivity index (χ4v) is 10.2. The monoisotopic (exact) mass is 774 g/mol. The summed E-state index contributed by atoms with van der Waals surface area (Å²) in [6, 6.07) is 62.9. The Morgan fingerprint density at radius 1 is 0.407 bits per heavy atom. The van der Waals surface area contributed by atoms with Gasteiger partial charge >= 0.3 is 0 Å². The van der Waals surface area contributed by atoms with Gasteiger partial charge in [0.05, 0.1) is 16.7 Å². The van der Waals surface area contributed by atoms with Crippen LogP contribution in [0.3, 0.4) is 0 Å². The molecule has 11 rings (SSSR count). The molecule has 0 aliphatic carbocycles. The highest BCUT2D eigenvalue weighted by Crippen LogP contribution is 2.44. The SMILES string of the molecule is Cc1cc(C)c(-c2ccc3c4ccccc4n(-c4ccc(-c5cccc6sc7ccccc7c56)cc4-c4nc(-c5ccccc5)nc(-c5ccccc5)n4)c3c2)c(C)c1. The molecule has 59 heavy (non-hydrogen) atoms. The predicted octanol–water partition coefficient (Wildman–Crippen LogP) is 14.6. The molecular weight excluding hydrogens is 737 g/mol. The summed E-state index contributed by atoms with van der Waals surface area (Å²) in [4.78, 5) is 15.7. The van der Waals surface area contributed by atoms with Gasteiger partial charge in [-0.3, -0.25) is 0 Å². The molecule has 0 amide bonds. The highest BCUT2D eigenvalue weighted by atomic mass is 32.1. The molecule has 0 radical (unpaired) electrons.